The largest absolute Gasteiger partial charge is 0.480 e. The highest BCUT2D eigenvalue weighted by atomic mass is 32.2. The molecule has 3 heteroatoms. The quantitative estimate of drug-likeness (QED) is 0.609. The minimum Gasteiger partial charge on any atom is -0.480 e. The van der Waals surface area contributed by atoms with Gasteiger partial charge >= 0.3 is 5.97 Å². The first-order chi connectivity index (χ1) is 4.18. The van der Waals surface area contributed by atoms with Crippen molar-refractivity contribution in [3.63, 3.8) is 0 Å². The van der Waals surface area contributed by atoms with Gasteiger partial charge in [0.05, 0.1) is 5.25 Å². The normalized spacial score (nSPS) is 12.6. The molecule has 0 amide bonds. The average molecular weight is 146 g/mol. The van der Waals surface area contributed by atoms with E-state index in [-0.39, 0.29) is 5.25 Å². The van der Waals surface area contributed by atoms with E-state index in [0.29, 0.717) is 5.75 Å². The maximum atomic E-state index is 10.2. The lowest BCUT2D eigenvalue weighted by molar-refractivity contribution is -0.136. The second-order valence-electron chi connectivity index (χ2n) is 1.60. The van der Waals surface area contributed by atoms with Crippen molar-refractivity contribution in [3.05, 3.63) is 12.7 Å². The zero-order chi connectivity index (χ0) is 7.28. The molecule has 2 nitrogen and oxygen atoms in total. The Balaban J connectivity index is 3.37. The lowest BCUT2D eigenvalue weighted by atomic mass is 10.5. The predicted molar refractivity (Wildman–Crippen MR) is 39.8 cm³/mol. The molecule has 0 saturated carbocycles. The molecule has 1 N–H and O–H groups in total. The molecule has 0 aromatic rings. The number of carboxylic acids is 1. The first-order valence-corrected chi connectivity index (χ1v) is 3.68. The summed E-state index contributed by atoms with van der Waals surface area (Å²) in [7, 11) is 0. The fourth-order valence-electron chi connectivity index (χ4n) is 0.284. The molecule has 0 spiro atoms. The summed E-state index contributed by atoms with van der Waals surface area (Å²) in [4.78, 5) is 10.2. The Morgan fingerprint density at radius 2 is 2.56 bits per heavy atom. The summed E-state index contributed by atoms with van der Waals surface area (Å²) in [5.41, 5.74) is 0. The van der Waals surface area contributed by atoms with Crippen LogP contribution in [0.1, 0.15) is 6.92 Å². The Labute approximate surface area is 59.0 Å². The maximum Gasteiger partial charge on any atom is 0.316 e. The van der Waals surface area contributed by atoms with Gasteiger partial charge in [-0.25, -0.2) is 0 Å². The molecule has 52 valence electrons. The van der Waals surface area contributed by atoms with Crippen molar-refractivity contribution >= 4 is 17.7 Å². The third-order valence-electron chi connectivity index (χ3n) is 0.812. The molecule has 0 aliphatic heterocycles. The Morgan fingerprint density at radius 3 is 2.89 bits per heavy atom. The van der Waals surface area contributed by atoms with Gasteiger partial charge in [0.25, 0.3) is 0 Å². The highest BCUT2D eigenvalue weighted by molar-refractivity contribution is 8.00. The molecule has 0 aliphatic rings. The lowest BCUT2D eigenvalue weighted by Crippen LogP contribution is -2.11. The van der Waals surface area contributed by atoms with Crippen LogP contribution in [0.3, 0.4) is 0 Å². The lowest BCUT2D eigenvalue weighted by Gasteiger charge is -2.00. The van der Waals surface area contributed by atoms with Crippen LogP contribution < -0.4 is 0 Å². The van der Waals surface area contributed by atoms with Crippen molar-refractivity contribution in [3.8, 4) is 0 Å². The van der Waals surface area contributed by atoms with Crippen LogP contribution in [0.25, 0.3) is 0 Å². The molecule has 0 bridgehead atoms. The van der Waals surface area contributed by atoms with Gasteiger partial charge in [-0.3, -0.25) is 4.79 Å². The molecular formula is C6H10O2S. The summed E-state index contributed by atoms with van der Waals surface area (Å²) in [6.45, 7) is 5.14. The summed E-state index contributed by atoms with van der Waals surface area (Å²) in [6, 6.07) is 0. The van der Waals surface area contributed by atoms with Crippen molar-refractivity contribution in [1.29, 1.82) is 0 Å². The number of carboxylic acid groups (broad SMARTS) is 1. The van der Waals surface area contributed by atoms with E-state index in [1.165, 1.54) is 11.8 Å². The third kappa shape index (κ3) is 4.09. The molecule has 1 atom stereocenters. The van der Waals surface area contributed by atoms with Crippen molar-refractivity contribution in [1.82, 2.24) is 0 Å². The molecule has 0 heterocycles. The van der Waals surface area contributed by atoms with Crippen molar-refractivity contribution in [2.75, 3.05) is 5.75 Å². The van der Waals surface area contributed by atoms with Gasteiger partial charge in [0.15, 0.2) is 0 Å². The minimum absolute atomic E-state index is 0.317. The summed E-state index contributed by atoms with van der Waals surface area (Å²) in [5, 5.41) is 8.04. The fraction of sp³-hybridized carbons (Fsp3) is 0.500. The average Bonchev–Trinajstić information content (AvgIpc) is 1.82. The van der Waals surface area contributed by atoms with Crippen LogP contribution in [-0.4, -0.2) is 22.1 Å². The van der Waals surface area contributed by atoms with Gasteiger partial charge in [-0.1, -0.05) is 6.08 Å². The number of hydrogen-bond acceptors (Lipinski definition) is 2. The molecule has 0 fully saturated rings. The molecule has 0 rings (SSSR count). The van der Waals surface area contributed by atoms with E-state index in [1.807, 2.05) is 0 Å². The van der Waals surface area contributed by atoms with Crippen LogP contribution in [0.15, 0.2) is 12.7 Å². The van der Waals surface area contributed by atoms with E-state index in [9.17, 15) is 4.79 Å². The monoisotopic (exact) mass is 146 g/mol. The first kappa shape index (κ1) is 8.56. The first-order valence-electron chi connectivity index (χ1n) is 2.63. The number of thioether (sulfide) groups is 1. The van der Waals surface area contributed by atoms with E-state index in [0.717, 1.165) is 0 Å². The highest BCUT2D eigenvalue weighted by Crippen LogP contribution is 2.09. The van der Waals surface area contributed by atoms with Crippen LogP contribution in [0.5, 0.6) is 0 Å². The molecule has 9 heavy (non-hydrogen) atoms. The van der Waals surface area contributed by atoms with E-state index in [2.05, 4.69) is 6.58 Å². The summed E-state index contributed by atoms with van der Waals surface area (Å²) >= 11 is 1.37. The summed E-state index contributed by atoms with van der Waals surface area (Å²) in [6.07, 6.45) is 1.70. The van der Waals surface area contributed by atoms with Crippen molar-refractivity contribution in [2.24, 2.45) is 0 Å². The second kappa shape index (κ2) is 4.44. The molecular weight excluding hydrogens is 136 g/mol. The molecule has 0 saturated heterocycles. The van der Waals surface area contributed by atoms with Crippen LogP contribution in [0.4, 0.5) is 0 Å². The topological polar surface area (TPSA) is 37.3 Å². The van der Waals surface area contributed by atoms with Crippen molar-refractivity contribution in [2.45, 2.75) is 12.2 Å². The van der Waals surface area contributed by atoms with Crippen LogP contribution >= 0.6 is 11.8 Å². The molecule has 0 radical (unpaired) electrons. The second-order valence-corrected chi connectivity index (χ2v) is 2.98. The van der Waals surface area contributed by atoms with E-state index in [1.54, 1.807) is 13.0 Å². The Kier molecular flexibility index (Phi) is 4.22. The number of carbonyl (C=O) groups is 1. The van der Waals surface area contributed by atoms with E-state index in [4.69, 9.17) is 5.11 Å². The van der Waals surface area contributed by atoms with Gasteiger partial charge in [0.2, 0.25) is 0 Å². The van der Waals surface area contributed by atoms with E-state index >= 15 is 0 Å². The standard InChI is InChI=1S/C6H10O2S/c1-3-4-9-5(2)6(7)8/h3,5H,1,4H2,2H3,(H,7,8). The molecule has 0 aromatic heterocycles. The Hall–Kier alpha value is -0.440. The summed E-state index contributed by atoms with van der Waals surface area (Å²) < 4.78 is 0. The highest BCUT2D eigenvalue weighted by Gasteiger charge is 2.08. The molecule has 0 aromatic carbocycles. The summed E-state index contributed by atoms with van der Waals surface area (Å²) in [5.74, 6) is -0.0603. The van der Waals surface area contributed by atoms with E-state index < -0.39 is 5.97 Å². The van der Waals surface area contributed by atoms with Gasteiger partial charge in [-0.2, -0.15) is 0 Å². The van der Waals surface area contributed by atoms with Crippen LogP contribution in [0, 0.1) is 0 Å². The zero-order valence-electron chi connectivity index (χ0n) is 5.33. The smallest absolute Gasteiger partial charge is 0.316 e. The maximum absolute atomic E-state index is 10.2. The molecule has 1 unspecified atom stereocenters. The Bertz CT molecular complexity index is 112. The zero-order valence-corrected chi connectivity index (χ0v) is 6.15. The third-order valence-corrected chi connectivity index (χ3v) is 1.94. The Morgan fingerprint density at radius 1 is 2.00 bits per heavy atom. The number of aliphatic carboxylic acids is 1. The molecule has 0 aliphatic carbocycles. The fourth-order valence-corrected chi connectivity index (χ4v) is 0.851. The van der Waals surface area contributed by atoms with Gasteiger partial charge in [0, 0.05) is 5.75 Å². The SMILES string of the molecule is C=CCSC(C)C(=O)O. The van der Waals surface area contributed by atoms with Gasteiger partial charge < -0.3 is 5.11 Å². The van der Waals surface area contributed by atoms with Gasteiger partial charge in [0.1, 0.15) is 0 Å². The number of hydrogen-bond donors (Lipinski definition) is 1. The van der Waals surface area contributed by atoms with Crippen LogP contribution in [-0.2, 0) is 4.79 Å². The number of rotatable bonds is 4. The van der Waals surface area contributed by atoms with Crippen LogP contribution in [0.2, 0.25) is 0 Å². The van der Waals surface area contributed by atoms with Crippen molar-refractivity contribution < 1.29 is 9.90 Å². The predicted octanol–water partition coefficient (Wildman–Crippen LogP) is 1.38. The minimum atomic E-state index is -0.762. The van der Waals surface area contributed by atoms with Gasteiger partial charge in [-0.15, -0.1) is 18.3 Å². The van der Waals surface area contributed by atoms with Gasteiger partial charge in [-0.05, 0) is 6.92 Å².